The van der Waals surface area contributed by atoms with E-state index in [1.54, 1.807) is 0 Å². The minimum atomic E-state index is -0.158. The van der Waals surface area contributed by atoms with Crippen LogP contribution >= 0.6 is 0 Å². The molecule has 1 fully saturated rings. The Bertz CT molecular complexity index is 568. The number of carbonyl (C=O) groups is 1. The van der Waals surface area contributed by atoms with E-state index in [1.807, 2.05) is 0 Å². The summed E-state index contributed by atoms with van der Waals surface area (Å²) in [5, 5.41) is 11.8. The van der Waals surface area contributed by atoms with E-state index in [9.17, 15) is 4.79 Å². The summed E-state index contributed by atoms with van der Waals surface area (Å²) in [5.41, 5.74) is 3.16. The van der Waals surface area contributed by atoms with Crippen molar-refractivity contribution in [3.8, 4) is 0 Å². The summed E-state index contributed by atoms with van der Waals surface area (Å²) in [6.07, 6.45) is 3.38. The van der Waals surface area contributed by atoms with Crippen molar-refractivity contribution in [3.63, 3.8) is 0 Å². The molecule has 1 N–H and O–H groups in total. The van der Waals surface area contributed by atoms with Gasteiger partial charge in [0, 0.05) is 41.9 Å². The van der Waals surface area contributed by atoms with Crippen molar-refractivity contribution in [3.05, 3.63) is 22.7 Å². The van der Waals surface area contributed by atoms with E-state index in [4.69, 9.17) is 4.74 Å². The summed E-state index contributed by atoms with van der Waals surface area (Å²) in [6, 6.07) is 0. The Morgan fingerprint density at radius 3 is 2.90 bits per heavy atom. The molecule has 20 heavy (non-hydrogen) atoms. The van der Waals surface area contributed by atoms with Crippen molar-refractivity contribution in [2.24, 2.45) is 21.6 Å². The van der Waals surface area contributed by atoms with Gasteiger partial charge in [-0.2, -0.15) is 5.11 Å². The van der Waals surface area contributed by atoms with Crippen LogP contribution in [0.4, 0.5) is 0 Å². The highest BCUT2D eigenvalue weighted by atomic mass is 16.5. The van der Waals surface area contributed by atoms with E-state index < -0.39 is 0 Å². The van der Waals surface area contributed by atoms with Crippen LogP contribution in [0.2, 0.25) is 0 Å². The van der Waals surface area contributed by atoms with Crippen LogP contribution < -0.4 is 5.32 Å². The second-order valence-corrected chi connectivity index (χ2v) is 6.34. The number of carbonyl (C=O) groups excluding carboxylic acids is 1. The topological polar surface area (TPSA) is 63.0 Å². The van der Waals surface area contributed by atoms with Gasteiger partial charge in [0.2, 0.25) is 0 Å². The Morgan fingerprint density at radius 1 is 1.30 bits per heavy atom. The third-order valence-corrected chi connectivity index (χ3v) is 5.02. The van der Waals surface area contributed by atoms with E-state index in [-0.39, 0.29) is 5.41 Å². The first-order valence-corrected chi connectivity index (χ1v) is 7.43. The Kier molecular flexibility index (Phi) is 2.61. The molecule has 1 spiro atoms. The van der Waals surface area contributed by atoms with Gasteiger partial charge >= 0.3 is 0 Å². The average Bonchev–Trinajstić information content (AvgIpc) is 2.88. The van der Waals surface area contributed by atoms with Gasteiger partial charge in [0.25, 0.3) is 0 Å². The van der Waals surface area contributed by atoms with Crippen molar-refractivity contribution in [2.75, 3.05) is 19.8 Å². The Hall–Kier alpha value is -1.49. The average molecular weight is 273 g/mol. The second kappa shape index (κ2) is 4.25. The van der Waals surface area contributed by atoms with Gasteiger partial charge < -0.3 is 10.1 Å². The van der Waals surface area contributed by atoms with E-state index in [2.05, 4.69) is 22.5 Å². The van der Waals surface area contributed by atoms with Crippen LogP contribution in [0.3, 0.4) is 0 Å². The van der Waals surface area contributed by atoms with Gasteiger partial charge in [0.05, 0.1) is 6.54 Å². The molecular formula is C15H19N3O2. The lowest BCUT2D eigenvalue weighted by molar-refractivity contribution is -0.118. The highest BCUT2D eigenvalue weighted by Gasteiger charge is 2.50. The number of ether oxygens (including phenoxy) is 1. The lowest BCUT2D eigenvalue weighted by Crippen LogP contribution is -2.45. The van der Waals surface area contributed by atoms with E-state index in [0.29, 0.717) is 24.7 Å². The van der Waals surface area contributed by atoms with Gasteiger partial charge in [0.1, 0.15) is 0 Å². The van der Waals surface area contributed by atoms with E-state index in [0.717, 1.165) is 49.6 Å². The molecule has 106 valence electrons. The maximum atomic E-state index is 12.7. The molecule has 0 radical (unpaired) electrons. The molecule has 0 bridgehead atoms. The summed E-state index contributed by atoms with van der Waals surface area (Å²) in [6.45, 7) is 4.20. The third-order valence-electron chi connectivity index (χ3n) is 5.02. The predicted octanol–water partition coefficient (Wildman–Crippen LogP) is 2.32. The SMILES string of the molecule is C[C@@H]1CC(=O)C2=C(C1)NC1=C(CN=N1)C21CCOCC1. The maximum Gasteiger partial charge on any atom is 0.161 e. The number of ketones is 1. The number of hydrogen-bond acceptors (Lipinski definition) is 5. The molecule has 1 saturated heterocycles. The van der Waals surface area contributed by atoms with Crippen LogP contribution in [-0.2, 0) is 9.53 Å². The zero-order valence-electron chi connectivity index (χ0n) is 11.7. The number of nitrogens with one attached hydrogen (secondary N) is 1. The van der Waals surface area contributed by atoms with Crippen molar-refractivity contribution in [1.82, 2.24) is 5.32 Å². The molecule has 0 aromatic carbocycles. The lowest BCUT2D eigenvalue weighted by atomic mass is 9.62. The Morgan fingerprint density at radius 2 is 2.10 bits per heavy atom. The normalized spacial score (nSPS) is 31.4. The van der Waals surface area contributed by atoms with E-state index in [1.165, 1.54) is 5.57 Å². The van der Waals surface area contributed by atoms with Gasteiger partial charge in [-0.1, -0.05) is 6.92 Å². The molecular weight excluding hydrogens is 254 g/mol. The largest absolute Gasteiger partial charge is 0.381 e. The second-order valence-electron chi connectivity index (χ2n) is 6.34. The highest BCUT2D eigenvalue weighted by Crippen LogP contribution is 2.53. The van der Waals surface area contributed by atoms with Crippen molar-refractivity contribution < 1.29 is 9.53 Å². The molecule has 0 aromatic rings. The molecule has 4 aliphatic rings. The van der Waals surface area contributed by atoms with Gasteiger partial charge in [0.15, 0.2) is 11.6 Å². The van der Waals surface area contributed by atoms with Gasteiger partial charge in [-0.05, 0) is 25.2 Å². The molecule has 3 heterocycles. The van der Waals surface area contributed by atoms with Crippen LogP contribution in [0.15, 0.2) is 32.9 Å². The molecule has 5 nitrogen and oxygen atoms in total. The summed E-state index contributed by atoms with van der Waals surface area (Å²) in [7, 11) is 0. The smallest absolute Gasteiger partial charge is 0.161 e. The minimum Gasteiger partial charge on any atom is -0.381 e. The predicted molar refractivity (Wildman–Crippen MR) is 72.8 cm³/mol. The summed E-state index contributed by atoms with van der Waals surface area (Å²) in [5.74, 6) is 1.62. The van der Waals surface area contributed by atoms with Crippen LogP contribution in [0, 0.1) is 11.3 Å². The monoisotopic (exact) mass is 273 g/mol. The molecule has 0 amide bonds. The number of fused-ring (bicyclic) bond motifs is 2. The number of azo groups is 1. The number of dihydropyridines is 1. The quantitative estimate of drug-likeness (QED) is 0.736. The van der Waals surface area contributed by atoms with Crippen molar-refractivity contribution in [2.45, 2.75) is 32.6 Å². The molecule has 1 atom stereocenters. The zero-order chi connectivity index (χ0) is 13.7. The summed E-state index contributed by atoms with van der Waals surface area (Å²) >= 11 is 0. The zero-order valence-corrected chi connectivity index (χ0v) is 11.7. The van der Waals surface area contributed by atoms with Crippen LogP contribution in [-0.4, -0.2) is 25.5 Å². The number of allylic oxidation sites excluding steroid dienone is 2. The molecule has 0 aromatic heterocycles. The molecule has 0 unspecified atom stereocenters. The highest BCUT2D eigenvalue weighted by molar-refractivity contribution is 5.99. The standard InChI is InChI=1S/C15H19N3O2/c1-9-6-11-13(12(19)7-9)15(2-4-20-5-3-15)10-8-16-18-14(10)17-11/h9,17H,2-8H2,1H3/t9-/m0/s1. The fourth-order valence-corrected chi connectivity index (χ4v) is 4.13. The van der Waals surface area contributed by atoms with Gasteiger partial charge in [-0.3, -0.25) is 4.79 Å². The van der Waals surface area contributed by atoms with Crippen LogP contribution in [0.5, 0.6) is 0 Å². The third kappa shape index (κ3) is 1.56. The first kappa shape index (κ1) is 12.3. The van der Waals surface area contributed by atoms with Crippen LogP contribution in [0.25, 0.3) is 0 Å². The summed E-state index contributed by atoms with van der Waals surface area (Å²) in [4.78, 5) is 12.7. The fraction of sp³-hybridized carbons (Fsp3) is 0.667. The maximum absolute atomic E-state index is 12.7. The van der Waals surface area contributed by atoms with Crippen molar-refractivity contribution >= 4 is 5.78 Å². The minimum absolute atomic E-state index is 0.158. The fourth-order valence-electron chi connectivity index (χ4n) is 4.13. The molecule has 0 saturated carbocycles. The van der Waals surface area contributed by atoms with Gasteiger partial charge in [-0.15, -0.1) is 5.11 Å². The van der Waals surface area contributed by atoms with E-state index >= 15 is 0 Å². The lowest BCUT2D eigenvalue weighted by Gasteiger charge is -2.45. The summed E-state index contributed by atoms with van der Waals surface area (Å²) < 4.78 is 5.54. The number of Topliss-reactive ketones (excluding diaryl/α,β-unsaturated/α-hetero) is 1. The number of rotatable bonds is 0. The first-order valence-electron chi connectivity index (χ1n) is 7.43. The molecule has 3 aliphatic heterocycles. The molecule has 5 heteroatoms. The molecule has 1 aliphatic carbocycles. The molecule has 4 rings (SSSR count). The van der Waals surface area contributed by atoms with Crippen molar-refractivity contribution in [1.29, 1.82) is 0 Å². The number of nitrogens with zero attached hydrogens (tertiary/aromatic N) is 2. The van der Waals surface area contributed by atoms with Crippen LogP contribution in [0.1, 0.15) is 32.6 Å². The number of hydrogen-bond donors (Lipinski definition) is 1. The van der Waals surface area contributed by atoms with Gasteiger partial charge in [-0.25, -0.2) is 0 Å². The Balaban J connectivity index is 1.86. The first-order chi connectivity index (χ1) is 9.71. The Labute approximate surface area is 118 Å².